The van der Waals surface area contributed by atoms with Gasteiger partial charge in [-0.25, -0.2) is 9.78 Å². The van der Waals surface area contributed by atoms with Gasteiger partial charge < -0.3 is 9.67 Å². The number of rotatable bonds is 6. The van der Waals surface area contributed by atoms with Gasteiger partial charge in [-0.1, -0.05) is 6.42 Å². The largest absolute Gasteiger partial charge is 0.478 e. The minimum atomic E-state index is -0.945. The van der Waals surface area contributed by atoms with Crippen molar-refractivity contribution in [3.63, 3.8) is 0 Å². The van der Waals surface area contributed by atoms with Crippen LogP contribution in [0.5, 0.6) is 0 Å². The molecule has 25 heavy (non-hydrogen) atoms. The number of aromatic carboxylic acids is 1. The van der Waals surface area contributed by atoms with E-state index in [1.165, 1.54) is 50.9 Å². The number of aromatic nitrogens is 3. The predicted octanol–water partition coefficient (Wildman–Crippen LogP) is 2.91. The number of hydrogen-bond acceptors (Lipinski definition) is 4. The summed E-state index contributed by atoms with van der Waals surface area (Å²) in [7, 11) is 0. The lowest BCUT2D eigenvalue weighted by molar-refractivity contribution is 0.0697. The van der Waals surface area contributed by atoms with Crippen molar-refractivity contribution in [3.8, 4) is 11.4 Å². The van der Waals surface area contributed by atoms with Gasteiger partial charge in [0.1, 0.15) is 5.69 Å². The van der Waals surface area contributed by atoms with Crippen LogP contribution in [0.2, 0.25) is 0 Å². The Hall–Kier alpha value is -2.21. The van der Waals surface area contributed by atoms with Crippen LogP contribution in [0, 0.1) is 5.92 Å². The van der Waals surface area contributed by atoms with E-state index in [0.29, 0.717) is 5.69 Å². The maximum Gasteiger partial charge on any atom is 0.335 e. The maximum absolute atomic E-state index is 11.1. The highest BCUT2D eigenvalue weighted by Crippen LogP contribution is 2.37. The second-order valence-electron chi connectivity index (χ2n) is 7.17. The Morgan fingerprint density at radius 3 is 2.80 bits per heavy atom. The van der Waals surface area contributed by atoms with Crippen LogP contribution in [0.25, 0.3) is 11.4 Å². The molecule has 1 aliphatic carbocycles. The number of nitrogens with zero attached hydrogens (tertiary/aromatic N) is 4. The van der Waals surface area contributed by atoms with Gasteiger partial charge in [0.2, 0.25) is 0 Å². The molecule has 0 bridgehead atoms. The summed E-state index contributed by atoms with van der Waals surface area (Å²) in [5.74, 6) is -0.0250. The molecule has 1 aliphatic heterocycles. The minimum absolute atomic E-state index is 0.236. The highest BCUT2D eigenvalue weighted by atomic mass is 16.4. The fourth-order valence-corrected chi connectivity index (χ4v) is 4.05. The first-order valence-corrected chi connectivity index (χ1v) is 9.16. The van der Waals surface area contributed by atoms with Crippen LogP contribution < -0.4 is 0 Å². The Balaban J connectivity index is 1.40. The molecule has 1 saturated heterocycles. The highest BCUT2D eigenvalue weighted by Gasteiger charge is 2.34. The van der Waals surface area contributed by atoms with Crippen molar-refractivity contribution in [1.82, 2.24) is 19.4 Å². The van der Waals surface area contributed by atoms with E-state index >= 15 is 0 Å². The Labute approximate surface area is 147 Å². The fourth-order valence-electron chi connectivity index (χ4n) is 4.05. The van der Waals surface area contributed by atoms with E-state index < -0.39 is 5.97 Å². The average molecular weight is 340 g/mol. The summed E-state index contributed by atoms with van der Waals surface area (Å²) in [6.07, 6.45) is 12.2. The Morgan fingerprint density at radius 1 is 1.16 bits per heavy atom. The number of hydrogen-bond donors (Lipinski definition) is 1. The molecule has 1 saturated carbocycles. The van der Waals surface area contributed by atoms with Crippen LogP contribution in [-0.4, -0.2) is 49.6 Å². The van der Waals surface area contributed by atoms with Crippen molar-refractivity contribution in [1.29, 1.82) is 0 Å². The zero-order valence-corrected chi connectivity index (χ0v) is 14.3. The molecule has 1 unspecified atom stereocenters. The molecule has 2 aliphatic rings. The lowest BCUT2D eigenvalue weighted by Gasteiger charge is -2.37. The molecule has 1 atom stereocenters. The first-order valence-electron chi connectivity index (χ1n) is 9.16. The van der Waals surface area contributed by atoms with E-state index in [0.717, 1.165) is 30.7 Å². The van der Waals surface area contributed by atoms with E-state index in [-0.39, 0.29) is 5.56 Å². The molecule has 3 heterocycles. The summed E-state index contributed by atoms with van der Waals surface area (Å²) < 4.78 is 2.08. The van der Waals surface area contributed by atoms with Gasteiger partial charge in [0.15, 0.2) is 0 Å². The zero-order valence-electron chi connectivity index (χ0n) is 14.3. The number of pyridine rings is 1. The van der Waals surface area contributed by atoms with E-state index in [2.05, 4.69) is 19.4 Å². The van der Waals surface area contributed by atoms with Crippen molar-refractivity contribution >= 4 is 5.97 Å². The molecule has 0 spiro atoms. The molecule has 0 radical (unpaired) electrons. The van der Waals surface area contributed by atoms with Gasteiger partial charge in [0, 0.05) is 31.5 Å². The van der Waals surface area contributed by atoms with E-state index in [1.807, 2.05) is 12.5 Å². The Morgan fingerprint density at radius 2 is 2.04 bits per heavy atom. The van der Waals surface area contributed by atoms with Crippen LogP contribution in [0.1, 0.15) is 42.5 Å². The van der Waals surface area contributed by atoms with Gasteiger partial charge >= 0.3 is 5.97 Å². The Kier molecular flexibility index (Phi) is 4.53. The topological polar surface area (TPSA) is 71.2 Å². The number of carboxylic acid groups (broad SMARTS) is 1. The maximum atomic E-state index is 11.1. The third-order valence-corrected chi connectivity index (χ3v) is 5.66. The summed E-state index contributed by atoms with van der Waals surface area (Å²) in [4.78, 5) is 22.4. The second-order valence-corrected chi connectivity index (χ2v) is 7.17. The van der Waals surface area contributed by atoms with Gasteiger partial charge in [-0.2, -0.15) is 0 Å². The van der Waals surface area contributed by atoms with Crippen molar-refractivity contribution in [3.05, 3.63) is 36.4 Å². The highest BCUT2D eigenvalue weighted by molar-refractivity contribution is 5.88. The van der Waals surface area contributed by atoms with E-state index in [1.54, 1.807) is 6.07 Å². The van der Waals surface area contributed by atoms with Crippen molar-refractivity contribution in [2.45, 2.75) is 44.7 Å². The van der Waals surface area contributed by atoms with Crippen molar-refractivity contribution in [2.75, 3.05) is 13.1 Å². The van der Waals surface area contributed by atoms with Gasteiger partial charge in [-0.3, -0.25) is 9.88 Å². The standard InChI is InChI=1S/C19H24N4O2/c24-19(25)15-6-7-20-16(11-15)17-12-22(13-21-17)9-10-23-8-2-5-18(23)14-3-1-4-14/h6-7,11-14,18H,1-5,8-10H2,(H,24,25). The molecule has 2 fully saturated rings. The van der Waals surface area contributed by atoms with Crippen molar-refractivity contribution in [2.24, 2.45) is 5.92 Å². The minimum Gasteiger partial charge on any atom is -0.478 e. The number of likely N-dealkylation sites (tertiary alicyclic amines) is 1. The van der Waals surface area contributed by atoms with Gasteiger partial charge in [0.25, 0.3) is 0 Å². The molecular formula is C19H24N4O2. The van der Waals surface area contributed by atoms with Crippen LogP contribution in [0.3, 0.4) is 0 Å². The van der Waals surface area contributed by atoms with Gasteiger partial charge in [-0.05, 0) is 50.3 Å². The normalized spacial score (nSPS) is 21.4. The molecule has 0 aromatic carbocycles. The van der Waals surface area contributed by atoms with Crippen LogP contribution in [-0.2, 0) is 6.54 Å². The second kappa shape index (κ2) is 6.96. The number of imidazole rings is 1. The molecule has 132 valence electrons. The number of carbonyl (C=O) groups is 1. The molecular weight excluding hydrogens is 316 g/mol. The third-order valence-electron chi connectivity index (χ3n) is 5.66. The lowest BCUT2D eigenvalue weighted by Crippen LogP contribution is -2.40. The third kappa shape index (κ3) is 3.44. The smallest absolute Gasteiger partial charge is 0.335 e. The SMILES string of the molecule is O=C(O)c1ccnc(-c2cn(CCN3CCCC3C3CCC3)cn2)c1. The summed E-state index contributed by atoms with van der Waals surface area (Å²) in [5, 5.41) is 9.10. The summed E-state index contributed by atoms with van der Waals surface area (Å²) in [5.41, 5.74) is 1.56. The Bertz CT molecular complexity index is 753. The summed E-state index contributed by atoms with van der Waals surface area (Å²) >= 11 is 0. The van der Waals surface area contributed by atoms with E-state index in [4.69, 9.17) is 5.11 Å². The zero-order chi connectivity index (χ0) is 17.2. The molecule has 6 nitrogen and oxygen atoms in total. The van der Waals surface area contributed by atoms with Crippen LogP contribution in [0.15, 0.2) is 30.9 Å². The molecule has 0 amide bonds. The van der Waals surface area contributed by atoms with Crippen LogP contribution in [0.4, 0.5) is 0 Å². The number of carboxylic acids is 1. The molecule has 2 aromatic rings. The lowest BCUT2D eigenvalue weighted by atomic mass is 9.79. The summed E-state index contributed by atoms with van der Waals surface area (Å²) in [6.45, 7) is 3.18. The predicted molar refractivity (Wildman–Crippen MR) is 94.4 cm³/mol. The monoisotopic (exact) mass is 340 g/mol. The van der Waals surface area contributed by atoms with E-state index in [9.17, 15) is 4.79 Å². The average Bonchev–Trinajstić information content (AvgIpc) is 3.21. The van der Waals surface area contributed by atoms with Crippen LogP contribution >= 0.6 is 0 Å². The molecule has 6 heteroatoms. The van der Waals surface area contributed by atoms with Crippen molar-refractivity contribution < 1.29 is 9.90 Å². The van der Waals surface area contributed by atoms with Gasteiger partial charge in [0.05, 0.1) is 17.6 Å². The molecule has 2 aromatic heterocycles. The first kappa shape index (κ1) is 16.3. The first-order chi connectivity index (χ1) is 12.2. The molecule has 1 N–H and O–H groups in total. The quantitative estimate of drug-likeness (QED) is 0.875. The summed E-state index contributed by atoms with van der Waals surface area (Å²) in [6, 6.07) is 3.85. The fraction of sp³-hybridized carbons (Fsp3) is 0.526. The van der Waals surface area contributed by atoms with Gasteiger partial charge in [-0.15, -0.1) is 0 Å². The molecule has 4 rings (SSSR count).